The summed E-state index contributed by atoms with van der Waals surface area (Å²) in [6.07, 6.45) is 2.88. The van der Waals surface area contributed by atoms with E-state index in [1.807, 2.05) is 21.7 Å². The van der Waals surface area contributed by atoms with Gasteiger partial charge in [-0.25, -0.2) is 0 Å². The lowest BCUT2D eigenvalue weighted by Gasteiger charge is -2.31. The Balaban J connectivity index is 1.45. The summed E-state index contributed by atoms with van der Waals surface area (Å²) in [5.41, 5.74) is 4.43. The average molecular weight is 353 g/mol. The quantitative estimate of drug-likeness (QED) is 0.711. The van der Waals surface area contributed by atoms with E-state index >= 15 is 0 Å². The summed E-state index contributed by atoms with van der Waals surface area (Å²) in [4.78, 5) is 14.7. The van der Waals surface area contributed by atoms with Gasteiger partial charge in [0.2, 0.25) is 17.7 Å². The first kappa shape index (κ1) is 16.0. The number of hydrogen-bond acceptors (Lipinski definition) is 5. The number of fused-ring (bicyclic) bond motifs is 1. The molecule has 4 rings (SSSR count). The predicted molar refractivity (Wildman–Crippen MR) is 97.8 cm³/mol. The number of aromatic nitrogens is 2. The number of hydrogen-bond donors (Lipinski definition) is 0. The zero-order chi connectivity index (χ0) is 17.2. The van der Waals surface area contributed by atoms with Crippen molar-refractivity contribution >= 4 is 22.9 Å². The van der Waals surface area contributed by atoms with Gasteiger partial charge in [-0.15, -0.1) is 10.2 Å². The molecular weight excluding hydrogens is 334 g/mol. The fraction of sp³-hybridized carbons (Fsp3) is 0.316. The van der Waals surface area contributed by atoms with E-state index in [0.717, 1.165) is 36.2 Å². The van der Waals surface area contributed by atoms with Gasteiger partial charge in [0, 0.05) is 36.0 Å². The predicted octanol–water partition coefficient (Wildman–Crippen LogP) is 4.02. The minimum Gasteiger partial charge on any atom is -0.421 e. The second-order valence-electron chi connectivity index (χ2n) is 6.24. The van der Waals surface area contributed by atoms with Crippen LogP contribution in [0.25, 0.3) is 11.5 Å². The molecule has 1 aromatic carbocycles. The summed E-state index contributed by atoms with van der Waals surface area (Å²) in [7, 11) is 0. The Kier molecular flexibility index (Phi) is 4.36. The summed E-state index contributed by atoms with van der Waals surface area (Å²) in [5, 5.41) is 12.1. The van der Waals surface area contributed by atoms with Crippen molar-refractivity contribution in [2.45, 2.75) is 32.6 Å². The Hall–Kier alpha value is -2.47. The highest BCUT2D eigenvalue weighted by Gasteiger charge is 2.24. The second-order valence-corrected chi connectivity index (χ2v) is 7.02. The van der Waals surface area contributed by atoms with Crippen molar-refractivity contribution in [1.82, 2.24) is 10.2 Å². The number of carbonyl (C=O) groups excluding carboxylic acids is 1. The van der Waals surface area contributed by atoms with E-state index in [1.165, 1.54) is 5.56 Å². The Morgan fingerprint density at radius 2 is 2.24 bits per heavy atom. The van der Waals surface area contributed by atoms with Crippen molar-refractivity contribution in [1.29, 1.82) is 0 Å². The lowest BCUT2D eigenvalue weighted by Crippen LogP contribution is -2.36. The van der Waals surface area contributed by atoms with Crippen molar-refractivity contribution in [2.75, 3.05) is 11.4 Å². The SMILES string of the molecule is Cc1cccc2c1N(C(=O)CCc1nnc(-c3ccsc3)o1)CCC2. The first-order valence-electron chi connectivity index (χ1n) is 8.46. The van der Waals surface area contributed by atoms with Crippen LogP contribution in [0.2, 0.25) is 0 Å². The van der Waals surface area contributed by atoms with E-state index in [2.05, 4.69) is 35.3 Å². The molecule has 25 heavy (non-hydrogen) atoms. The minimum absolute atomic E-state index is 0.116. The van der Waals surface area contributed by atoms with Gasteiger partial charge in [0.25, 0.3) is 0 Å². The number of aryl methyl sites for hydroxylation is 3. The van der Waals surface area contributed by atoms with Gasteiger partial charge in [-0.05, 0) is 42.3 Å². The first-order chi connectivity index (χ1) is 12.2. The highest BCUT2D eigenvalue weighted by molar-refractivity contribution is 7.08. The van der Waals surface area contributed by atoms with Gasteiger partial charge in [-0.1, -0.05) is 18.2 Å². The molecule has 0 unspecified atom stereocenters. The summed E-state index contributed by atoms with van der Waals surface area (Å²) in [6, 6.07) is 8.19. The maximum atomic E-state index is 12.8. The zero-order valence-corrected chi connectivity index (χ0v) is 14.9. The molecule has 0 spiro atoms. The van der Waals surface area contributed by atoms with Gasteiger partial charge < -0.3 is 9.32 Å². The number of nitrogens with zero attached hydrogens (tertiary/aromatic N) is 3. The van der Waals surface area contributed by atoms with Crippen molar-refractivity contribution < 1.29 is 9.21 Å². The molecule has 6 heteroatoms. The van der Waals surface area contributed by atoms with E-state index in [1.54, 1.807) is 11.3 Å². The number of para-hydroxylation sites is 1. The Morgan fingerprint density at radius 1 is 1.32 bits per heavy atom. The molecule has 0 saturated heterocycles. The Morgan fingerprint density at radius 3 is 3.08 bits per heavy atom. The molecule has 0 radical (unpaired) electrons. The fourth-order valence-electron chi connectivity index (χ4n) is 3.30. The van der Waals surface area contributed by atoms with Gasteiger partial charge in [0.15, 0.2) is 0 Å². The monoisotopic (exact) mass is 353 g/mol. The molecule has 1 amide bonds. The van der Waals surface area contributed by atoms with Gasteiger partial charge in [0.1, 0.15) is 0 Å². The largest absolute Gasteiger partial charge is 0.421 e. The maximum Gasteiger partial charge on any atom is 0.248 e. The van der Waals surface area contributed by atoms with E-state index in [4.69, 9.17) is 4.42 Å². The van der Waals surface area contributed by atoms with Crippen molar-refractivity contribution in [2.24, 2.45) is 0 Å². The number of rotatable bonds is 4. The van der Waals surface area contributed by atoms with Crippen LogP contribution in [-0.2, 0) is 17.6 Å². The molecule has 5 nitrogen and oxygen atoms in total. The van der Waals surface area contributed by atoms with Crippen molar-refractivity contribution in [3.8, 4) is 11.5 Å². The topological polar surface area (TPSA) is 59.2 Å². The third-order valence-electron chi connectivity index (χ3n) is 4.51. The summed E-state index contributed by atoms with van der Waals surface area (Å²) in [5.74, 6) is 1.14. The van der Waals surface area contributed by atoms with Crippen LogP contribution in [-0.4, -0.2) is 22.6 Å². The van der Waals surface area contributed by atoms with Gasteiger partial charge >= 0.3 is 0 Å². The molecule has 1 aliphatic rings. The molecule has 2 aromatic heterocycles. The number of amides is 1. The molecule has 1 aliphatic heterocycles. The van der Waals surface area contributed by atoms with Crippen LogP contribution in [0.1, 0.15) is 29.9 Å². The van der Waals surface area contributed by atoms with Crippen LogP contribution in [0.5, 0.6) is 0 Å². The van der Waals surface area contributed by atoms with Crippen molar-refractivity contribution in [3.63, 3.8) is 0 Å². The van der Waals surface area contributed by atoms with E-state index in [0.29, 0.717) is 24.6 Å². The van der Waals surface area contributed by atoms with Crippen LogP contribution < -0.4 is 4.90 Å². The van der Waals surface area contributed by atoms with E-state index in [9.17, 15) is 4.79 Å². The smallest absolute Gasteiger partial charge is 0.248 e. The third kappa shape index (κ3) is 3.22. The average Bonchev–Trinajstić information content (AvgIpc) is 3.31. The normalized spacial score (nSPS) is 13.7. The lowest BCUT2D eigenvalue weighted by molar-refractivity contribution is -0.118. The zero-order valence-electron chi connectivity index (χ0n) is 14.1. The first-order valence-corrected chi connectivity index (χ1v) is 9.40. The molecule has 0 aliphatic carbocycles. The van der Waals surface area contributed by atoms with Crippen LogP contribution in [0, 0.1) is 6.92 Å². The fourth-order valence-corrected chi connectivity index (χ4v) is 3.93. The lowest BCUT2D eigenvalue weighted by atomic mass is 9.98. The minimum atomic E-state index is 0.116. The third-order valence-corrected chi connectivity index (χ3v) is 5.19. The van der Waals surface area contributed by atoms with E-state index < -0.39 is 0 Å². The molecule has 128 valence electrons. The number of benzene rings is 1. The molecule has 0 atom stereocenters. The number of thiophene rings is 1. The standard InChI is InChI=1S/C19H19N3O2S/c1-13-4-2-5-14-6-3-10-22(18(13)14)17(23)8-7-16-20-21-19(24-16)15-9-11-25-12-15/h2,4-5,9,11-12H,3,6-8,10H2,1H3. The molecule has 0 bridgehead atoms. The highest BCUT2D eigenvalue weighted by atomic mass is 32.1. The molecule has 0 N–H and O–H groups in total. The number of anilines is 1. The Bertz CT molecular complexity index is 886. The summed E-state index contributed by atoms with van der Waals surface area (Å²) >= 11 is 1.59. The second kappa shape index (κ2) is 6.80. The molecule has 0 saturated carbocycles. The van der Waals surface area contributed by atoms with Gasteiger partial charge in [-0.2, -0.15) is 11.3 Å². The van der Waals surface area contributed by atoms with Crippen LogP contribution in [0.4, 0.5) is 5.69 Å². The molecule has 3 aromatic rings. The van der Waals surface area contributed by atoms with Crippen LogP contribution >= 0.6 is 11.3 Å². The molecular formula is C19H19N3O2S. The summed E-state index contributed by atoms with van der Waals surface area (Å²) in [6.45, 7) is 2.84. The van der Waals surface area contributed by atoms with Crippen molar-refractivity contribution in [3.05, 3.63) is 52.0 Å². The number of carbonyl (C=O) groups is 1. The Labute approximate surface area is 150 Å². The highest BCUT2D eigenvalue weighted by Crippen LogP contribution is 2.31. The summed E-state index contributed by atoms with van der Waals surface area (Å²) < 4.78 is 5.67. The molecule has 3 heterocycles. The molecule has 0 fully saturated rings. The van der Waals surface area contributed by atoms with Gasteiger partial charge in [0.05, 0.1) is 0 Å². The van der Waals surface area contributed by atoms with Crippen LogP contribution in [0.15, 0.2) is 39.4 Å². The maximum absolute atomic E-state index is 12.8. The van der Waals surface area contributed by atoms with Crippen LogP contribution in [0.3, 0.4) is 0 Å². The van der Waals surface area contributed by atoms with E-state index in [-0.39, 0.29) is 5.91 Å². The van der Waals surface area contributed by atoms with Gasteiger partial charge in [-0.3, -0.25) is 4.79 Å².